The summed E-state index contributed by atoms with van der Waals surface area (Å²) in [4.78, 5) is 70.3. The number of carboxylic acids is 1. The van der Waals surface area contributed by atoms with E-state index in [9.17, 15) is 39.3 Å². The number of carbonyl (C=O) groups is 5. The van der Waals surface area contributed by atoms with Gasteiger partial charge in [0.2, 0.25) is 11.8 Å². The summed E-state index contributed by atoms with van der Waals surface area (Å²) in [6.45, 7) is 8.89. The quantitative estimate of drug-likeness (QED) is 0.150. The van der Waals surface area contributed by atoms with Crippen LogP contribution in [0.25, 0.3) is 0 Å². The molecule has 396 valence electrons. The molecular weight excluding hydrogens is 901 g/mol. The van der Waals surface area contributed by atoms with Crippen molar-refractivity contribution >= 4 is 29.8 Å². The number of likely N-dealkylation sites (N-methyl/N-ethyl adjacent to an activating group) is 2. The lowest BCUT2D eigenvalue weighted by Crippen LogP contribution is -2.53. The van der Waals surface area contributed by atoms with Gasteiger partial charge in [0.25, 0.3) is 0 Å². The number of amides is 6. The fourth-order valence-electron chi connectivity index (χ4n) is 11.8. The third kappa shape index (κ3) is 13.8. The van der Waals surface area contributed by atoms with Crippen molar-refractivity contribution < 1.29 is 49.1 Å². The maximum atomic E-state index is 13.9. The van der Waals surface area contributed by atoms with Crippen molar-refractivity contribution in [2.45, 2.75) is 218 Å². The van der Waals surface area contributed by atoms with Gasteiger partial charge in [0.05, 0.1) is 47.2 Å². The van der Waals surface area contributed by atoms with Gasteiger partial charge >= 0.3 is 18.0 Å². The van der Waals surface area contributed by atoms with Crippen LogP contribution < -0.4 is 0 Å². The number of imide groups is 2. The Bertz CT molecular complexity index is 1960. The minimum Gasteiger partial charge on any atom is -0.481 e. The highest BCUT2D eigenvalue weighted by molar-refractivity contribution is 6.00. The summed E-state index contributed by atoms with van der Waals surface area (Å²) in [7, 11) is 3.55. The van der Waals surface area contributed by atoms with Crippen LogP contribution in [0.1, 0.15) is 199 Å². The third-order valence-corrected chi connectivity index (χ3v) is 16.6. The Hall–Kier alpha value is -4.37. The van der Waals surface area contributed by atoms with Crippen molar-refractivity contribution in [1.29, 1.82) is 0 Å². The Morgan fingerprint density at radius 2 is 1.04 bits per heavy atom. The average Bonchev–Trinajstić information content (AvgIpc) is 4.05. The van der Waals surface area contributed by atoms with Crippen LogP contribution in [0.5, 0.6) is 0 Å². The monoisotopic (exact) mass is 989 g/mol. The van der Waals surface area contributed by atoms with E-state index in [1.54, 1.807) is 23.9 Å². The molecule has 3 saturated carbocycles. The lowest BCUT2D eigenvalue weighted by Gasteiger charge is -2.42. The van der Waals surface area contributed by atoms with E-state index >= 15 is 0 Å². The summed E-state index contributed by atoms with van der Waals surface area (Å²) in [6, 6.07) is 18.7. The van der Waals surface area contributed by atoms with Crippen LogP contribution in [0.2, 0.25) is 0 Å². The molecule has 6 amide bonds. The first kappa shape index (κ1) is 57.5. The second kappa shape index (κ2) is 27.6. The number of unbranched alkanes of at least 4 members (excludes halogenated alkanes) is 2. The van der Waals surface area contributed by atoms with Crippen LogP contribution in [0.4, 0.5) is 9.59 Å². The third-order valence-electron chi connectivity index (χ3n) is 16.6. The van der Waals surface area contributed by atoms with Crippen LogP contribution in [0, 0.1) is 16.7 Å². The van der Waals surface area contributed by atoms with E-state index in [0.717, 1.165) is 120 Å². The van der Waals surface area contributed by atoms with E-state index in [2.05, 4.69) is 13.8 Å². The number of aliphatic hydroxyl groups is 3. The molecule has 2 aromatic carbocycles. The maximum Gasteiger partial charge on any atom is 0.327 e. The average molecular weight is 989 g/mol. The minimum atomic E-state index is -0.840. The normalized spacial score (nSPS) is 26.0. The summed E-state index contributed by atoms with van der Waals surface area (Å²) in [5, 5.41) is 38.9. The van der Waals surface area contributed by atoms with Crippen molar-refractivity contribution in [2.75, 3.05) is 20.7 Å². The molecule has 0 spiro atoms. The summed E-state index contributed by atoms with van der Waals surface area (Å²) < 4.78 is 4.71. The number of aliphatic carboxylic acids is 1. The summed E-state index contributed by atoms with van der Waals surface area (Å²) in [6.07, 6.45) is 18.9. The smallest absolute Gasteiger partial charge is 0.327 e. The molecule has 7 atom stereocenters. The van der Waals surface area contributed by atoms with Gasteiger partial charge in [-0.2, -0.15) is 0 Å². The summed E-state index contributed by atoms with van der Waals surface area (Å²) in [5.74, 6) is -0.936. The lowest BCUT2D eigenvalue weighted by molar-refractivity contribution is -0.160. The lowest BCUT2D eigenvalue weighted by atomic mass is 9.67. The van der Waals surface area contributed by atoms with Gasteiger partial charge in [-0.3, -0.25) is 24.2 Å². The van der Waals surface area contributed by atoms with Crippen molar-refractivity contribution in [2.24, 2.45) is 16.7 Å². The first-order chi connectivity index (χ1) is 34.1. The first-order valence-corrected chi connectivity index (χ1v) is 27.3. The van der Waals surface area contributed by atoms with E-state index < -0.39 is 35.3 Å². The van der Waals surface area contributed by atoms with Crippen LogP contribution in [-0.2, 0) is 19.1 Å². The molecule has 1 unspecified atom stereocenters. The van der Waals surface area contributed by atoms with E-state index in [1.807, 2.05) is 74.5 Å². The number of nitrogens with zero attached hydrogens (tertiary/aromatic N) is 4. The minimum absolute atomic E-state index is 0.00226. The number of hydrogen-bond donors (Lipinski definition) is 4. The van der Waals surface area contributed by atoms with E-state index in [0.29, 0.717) is 38.5 Å². The fourth-order valence-corrected chi connectivity index (χ4v) is 11.8. The molecule has 8 rings (SSSR count). The van der Waals surface area contributed by atoms with Crippen LogP contribution in [-0.4, -0.2) is 121 Å². The number of hydrogen-bond acceptors (Lipinski definition) is 9. The van der Waals surface area contributed by atoms with Gasteiger partial charge in [-0.05, 0) is 82.8 Å². The van der Waals surface area contributed by atoms with Gasteiger partial charge in [-0.25, -0.2) is 9.59 Å². The second-order valence-corrected chi connectivity index (χ2v) is 21.2. The summed E-state index contributed by atoms with van der Waals surface area (Å²) >= 11 is 0. The van der Waals surface area contributed by atoms with Crippen molar-refractivity contribution in [3.8, 4) is 0 Å². The number of carboxylic acid groups (broad SMARTS) is 1. The Balaban J connectivity index is 0.000000193. The molecule has 4 N–H and O–H groups in total. The fraction of sp³-hybridized carbons (Fsp3) is 0.702. The van der Waals surface area contributed by atoms with Crippen LogP contribution in [0.3, 0.4) is 0 Å². The molecule has 0 aromatic heterocycles. The standard InChI is InChI=1S/C23H34N2O3.C18H24N2O2.C12H22O3.C4H8O2/c1-4-5-14-19(26)23(15-10-7-11-16-23)21(27)25-20(17(2)24(3)22(25)28)18-12-8-6-9-13-18;1-13-16(14-9-5-3-6-10-14)20(18(22)19(13)2)17(21)15-11-7-4-8-12-15;1-2-3-7-10(13)12(11(14)15)8-5-4-6-9-12;5-4-2-1-3-6-4/h6,8-9,12-13,17,19-20,26H,4-5,7,10-11,14-16H2,1-3H3;3,5-6,9-10,13,15-16H,4,7-8,11-12H2,1-2H3;10,13H,2-9H2,1H3,(H,14,15);4-5H,1-3H2/t17-,19-,20-;13-,16-;10-;/m000./s1. The van der Waals surface area contributed by atoms with Crippen LogP contribution in [0.15, 0.2) is 60.7 Å². The van der Waals surface area contributed by atoms with Crippen molar-refractivity contribution in [3.05, 3.63) is 71.8 Å². The van der Waals surface area contributed by atoms with Gasteiger partial charge in [-0.1, -0.05) is 158 Å². The van der Waals surface area contributed by atoms with E-state index in [4.69, 9.17) is 9.84 Å². The topological polar surface area (TPSA) is 188 Å². The molecule has 71 heavy (non-hydrogen) atoms. The Labute approximate surface area is 424 Å². The highest BCUT2D eigenvalue weighted by Crippen LogP contribution is 2.47. The van der Waals surface area contributed by atoms with E-state index in [1.165, 1.54) is 16.2 Å². The SMILES string of the molecule is CCCC[C@H](O)C1(C(=O)N2C(=O)N(C)[C@@H](C)[C@H]2c2ccccc2)CCCCC1.CCCC[C@H](O)C1(C(=O)O)CCCCC1.C[C@H]1[C@@H](c2ccccc2)N(C(=O)C2CCCCC2)C(=O)N1C.OC1CCCO1. The number of aliphatic hydroxyl groups excluding tert-OH is 3. The molecule has 6 fully saturated rings. The molecule has 3 aliphatic heterocycles. The zero-order valence-electron chi connectivity index (χ0n) is 43.9. The first-order valence-electron chi connectivity index (χ1n) is 27.3. The molecule has 2 aromatic rings. The largest absolute Gasteiger partial charge is 0.481 e. The number of rotatable bonds is 13. The number of carbonyl (C=O) groups excluding carboxylic acids is 4. The zero-order chi connectivity index (χ0) is 51.7. The number of urea groups is 2. The maximum absolute atomic E-state index is 13.9. The molecule has 14 nitrogen and oxygen atoms in total. The molecule has 14 heteroatoms. The predicted molar refractivity (Wildman–Crippen MR) is 275 cm³/mol. The molecular formula is C57H88N4O10. The van der Waals surface area contributed by atoms with Gasteiger partial charge < -0.3 is 35.0 Å². The molecule has 3 saturated heterocycles. The van der Waals surface area contributed by atoms with Gasteiger partial charge in [0.1, 0.15) is 0 Å². The van der Waals surface area contributed by atoms with Gasteiger partial charge in [-0.15, -0.1) is 0 Å². The molecule has 0 bridgehead atoms. The predicted octanol–water partition coefficient (Wildman–Crippen LogP) is 10.8. The number of benzene rings is 2. The highest BCUT2D eigenvalue weighted by Gasteiger charge is 2.55. The Kier molecular flexibility index (Phi) is 22.4. The Morgan fingerprint density at radius 1 is 0.620 bits per heavy atom. The molecule has 3 heterocycles. The summed E-state index contributed by atoms with van der Waals surface area (Å²) in [5.41, 5.74) is 0.334. The molecule has 6 aliphatic rings. The second-order valence-electron chi connectivity index (χ2n) is 21.2. The van der Waals surface area contributed by atoms with E-state index in [-0.39, 0.29) is 54.0 Å². The van der Waals surface area contributed by atoms with Crippen LogP contribution >= 0.6 is 0 Å². The molecule has 0 radical (unpaired) electrons. The zero-order valence-corrected chi connectivity index (χ0v) is 43.9. The Morgan fingerprint density at radius 3 is 1.45 bits per heavy atom. The van der Waals surface area contributed by atoms with Crippen molar-refractivity contribution in [3.63, 3.8) is 0 Å². The van der Waals surface area contributed by atoms with Gasteiger partial charge in [0.15, 0.2) is 6.29 Å². The van der Waals surface area contributed by atoms with Gasteiger partial charge in [0, 0.05) is 33.0 Å². The highest BCUT2D eigenvalue weighted by atomic mass is 16.6. The molecule has 3 aliphatic carbocycles. The van der Waals surface area contributed by atoms with Crippen molar-refractivity contribution in [1.82, 2.24) is 19.6 Å². The number of ether oxygens (including phenoxy) is 1.